The maximum absolute atomic E-state index is 11.8. The molecule has 0 amide bonds. The van der Waals surface area contributed by atoms with Gasteiger partial charge in [0.1, 0.15) is 5.69 Å². The number of aliphatic imine (C=N–C) groups is 1. The molecule has 0 N–H and O–H groups in total. The molecule has 2 aromatic carbocycles. The van der Waals surface area contributed by atoms with Gasteiger partial charge >= 0.3 is 16.5 Å². The molecule has 1 aromatic heterocycles. The summed E-state index contributed by atoms with van der Waals surface area (Å²) >= 11 is 0. The summed E-state index contributed by atoms with van der Waals surface area (Å²) in [5.74, 6) is -0.752. The first-order valence-electron chi connectivity index (χ1n) is 11.1. The van der Waals surface area contributed by atoms with Crippen LogP contribution in [-0.2, 0) is 27.3 Å². The summed E-state index contributed by atoms with van der Waals surface area (Å²) in [5, 5.41) is 23.4. The normalized spacial score (nSPS) is 11.9. The zero-order valence-electron chi connectivity index (χ0n) is 21.6. The van der Waals surface area contributed by atoms with E-state index < -0.39 is 5.75 Å². The minimum Gasteiger partial charge on any atom is -0.873 e. The molecule has 0 unspecified atom stereocenters. The molecule has 0 saturated carbocycles. The molecular weight excluding hydrogens is 469 g/mol. The minimum atomic E-state index is -0.391. The van der Waals surface area contributed by atoms with E-state index >= 15 is 0 Å². The van der Waals surface area contributed by atoms with Crippen molar-refractivity contribution in [3.8, 4) is 11.5 Å². The molecule has 0 fully saturated rings. The smallest absolute Gasteiger partial charge is 0.873 e. The van der Waals surface area contributed by atoms with Crippen molar-refractivity contribution >= 4 is 11.4 Å². The van der Waals surface area contributed by atoms with Crippen LogP contribution in [0.1, 0.15) is 76.4 Å². The fourth-order valence-corrected chi connectivity index (χ4v) is 3.29. The summed E-state index contributed by atoms with van der Waals surface area (Å²) in [6.45, 7) is 18.1. The van der Waals surface area contributed by atoms with Crippen LogP contribution < -0.4 is 10.2 Å². The number of rotatable bonds is 2. The summed E-state index contributed by atoms with van der Waals surface area (Å²) in [5.41, 5.74) is 6.24. The van der Waals surface area contributed by atoms with E-state index in [1.165, 1.54) is 17.2 Å². The van der Waals surface area contributed by atoms with Gasteiger partial charge in [0.2, 0.25) is 0 Å². The summed E-state index contributed by atoms with van der Waals surface area (Å²) in [6, 6.07) is 9.52. The van der Waals surface area contributed by atoms with Gasteiger partial charge in [-0.05, 0) is 48.3 Å². The molecule has 0 atom stereocenters. The molecule has 0 bridgehead atoms. The maximum atomic E-state index is 11.8. The summed E-state index contributed by atoms with van der Waals surface area (Å²) in [7, 11) is 0. The number of hydrogen-bond donors (Lipinski definition) is 0. The van der Waals surface area contributed by atoms with Crippen LogP contribution in [0.25, 0.3) is 0 Å². The predicted molar refractivity (Wildman–Crippen MR) is 133 cm³/mol. The fourth-order valence-electron chi connectivity index (χ4n) is 3.29. The van der Waals surface area contributed by atoms with Gasteiger partial charge in [-0.2, -0.15) is 0 Å². The molecule has 0 aliphatic heterocycles. The van der Waals surface area contributed by atoms with Gasteiger partial charge < -0.3 is 10.2 Å². The number of benzene rings is 2. The Balaban J connectivity index is 0.000000331. The zero-order chi connectivity index (χ0) is 25.0. The third kappa shape index (κ3) is 7.66. The van der Waals surface area contributed by atoms with Crippen LogP contribution in [0.15, 0.2) is 53.9 Å². The van der Waals surface area contributed by atoms with Gasteiger partial charge in [-0.15, -0.1) is 11.5 Å². The Hall–Kier alpha value is -2.72. The molecule has 3 aromatic rings. The summed E-state index contributed by atoms with van der Waals surface area (Å²) in [6.07, 6.45) is 5.07. The van der Waals surface area contributed by atoms with Crippen LogP contribution in [0.3, 0.4) is 0 Å². The monoisotopic (exact) mass is 503 g/mol. The van der Waals surface area contributed by atoms with Crippen molar-refractivity contribution < 1.29 is 26.7 Å². The van der Waals surface area contributed by atoms with Crippen molar-refractivity contribution in [2.24, 2.45) is 4.99 Å². The van der Waals surface area contributed by atoms with Crippen LogP contribution in [0.4, 0.5) is 5.69 Å². The van der Waals surface area contributed by atoms with Gasteiger partial charge in [-0.3, -0.25) is 15.0 Å². The second-order valence-electron chi connectivity index (χ2n) is 10.4. The molecule has 34 heavy (non-hydrogen) atoms. The molecule has 5 nitrogen and oxygen atoms in total. The van der Waals surface area contributed by atoms with Gasteiger partial charge in [-0.1, -0.05) is 77.4 Å². The third-order valence-electron chi connectivity index (χ3n) is 5.38. The van der Waals surface area contributed by atoms with Crippen LogP contribution >= 0.6 is 0 Å². The van der Waals surface area contributed by atoms with Crippen LogP contribution in [0.2, 0.25) is 0 Å². The second-order valence-corrected chi connectivity index (χ2v) is 10.4. The Bertz CT molecular complexity index is 1110. The van der Waals surface area contributed by atoms with Gasteiger partial charge in [-0.25, -0.2) is 0 Å². The molecule has 0 aliphatic carbocycles. The number of aromatic nitrogens is 2. The molecule has 0 radical (unpaired) electrons. The van der Waals surface area contributed by atoms with Crippen molar-refractivity contribution in [2.45, 2.75) is 73.1 Å². The first-order chi connectivity index (χ1) is 15.2. The van der Waals surface area contributed by atoms with Crippen molar-refractivity contribution in [1.29, 1.82) is 0 Å². The maximum Gasteiger partial charge on any atom is 2.00 e. The second kappa shape index (κ2) is 11.6. The molecular formula is C28H35N3NiO2. The number of hydrogen-bond acceptors (Lipinski definition) is 5. The first kappa shape index (κ1) is 29.3. The molecule has 0 aliphatic rings. The van der Waals surface area contributed by atoms with E-state index in [-0.39, 0.29) is 33.1 Å². The summed E-state index contributed by atoms with van der Waals surface area (Å²) < 4.78 is 0. The van der Waals surface area contributed by atoms with Crippen molar-refractivity contribution in [2.75, 3.05) is 0 Å². The van der Waals surface area contributed by atoms with E-state index in [1.54, 1.807) is 18.6 Å². The van der Waals surface area contributed by atoms with E-state index in [9.17, 15) is 10.2 Å². The SMILES string of the molecule is CC(=Nc1c(C)cccc1C)c1cnccn1.CC(C)(C)c1cc([O-])c([O-])c(C(C)(C)C)c1.[Ni+2]. The Morgan fingerprint density at radius 3 is 1.94 bits per heavy atom. The van der Waals surface area contributed by atoms with Crippen LogP contribution in [-0.4, -0.2) is 15.7 Å². The predicted octanol–water partition coefficient (Wildman–Crippen LogP) is 5.66. The molecule has 1 heterocycles. The van der Waals surface area contributed by atoms with E-state index in [0.717, 1.165) is 22.7 Å². The fraction of sp³-hybridized carbons (Fsp3) is 0.393. The standard InChI is InChI=1S/C14H15N3.C14H22O2.Ni/c1-10-5-4-6-11(2)14(10)17-12(3)13-9-15-7-8-16-13;1-13(2,3)9-7-10(14(4,5)6)12(16)11(15)8-9;/h4-9H,1-3H3;7-8,15-16H,1-6H3;/q;;+2/p-2. The van der Waals surface area contributed by atoms with Gasteiger partial charge in [0.15, 0.2) is 0 Å². The average molecular weight is 504 g/mol. The van der Waals surface area contributed by atoms with Crippen LogP contribution in [0.5, 0.6) is 11.5 Å². The van der Waals surface area contributed by atoms with E-state index in [1.807, 2.05) is 60.6 Å². The van der Waals surface area contributed by atoms with E-state index in [4.69, 9.17) is 0 Å². The molecule has 0 spiro atoms. The van der Waals surface area contributed by atoms with Crippen molar-refractivity contribution in [1.82, 2.24) is 9.97 Å². The van der Waals surface area contributed by atoms with Crippen LogP contribution in [0, 0.1) is 13.8 Å². The first-order valence-corrected chi connectivity index (χ1v) is 11.1. The quantitative estimate of drug-likeness (QED) is 0.333. The van der Waals surface area contributed by atoms with Crippen molar-refractivity contribution in [3.63, 3.8) is 0 Å². The minimum absolute atomic E-state index is 0. The van der Waals surface area contributed by atoms with Crippen molar-refractivity contribution in [3.05, 3.63) is 76.9 Å². The molecule has 0 saturated heterocycles. The Labute approximate surface area is 214 Å². The number of nitrogens with zero attached hydrogens (tertiary/aromatic N) is 3. The average Bonchev–Trinajstić information content (AvgIpc) is 2.72. The topological polar surface area (TPSA) is 84.3 Å². The molecule has 3 rings (SSSR count). The van der Waals surface area contributed by atoms with Gasteiger partial charge in [0.25, 0.3) is 0 Å². The molecule has 184 valence electrons. The largest absolute Gasteiger partial charge is 2.00 e. The molecule has 6 heteroatoms. The Morgan fingerprint density at radius 1 is 0.882 bits per heavy atom. The van der Waals surface area contributed by atoms with E-state index in [2.05, 4.69) is 40.9 Å². The van der Waals surface area contributed by atoms with Gasteiger partial charge in [0, 0.05) is 12.4 Å². The third-order valence-corrected chi connectivity index (χ3v) is 5.38. The Kier molecular flexibility index (Phi) is 10.0. The zero-order valence-corrected chi connectivity index (χ0v) is 22.6. The van der Waals surface area contributed by atoms with E-state index in [0.29, 0.717) is 5.56 Å². The van der Waals surface area contributed by atoms with Gasteiger partial charge in [0.05, 0.1) is 17.6 Å². The Morgan fingerprint density at radius 2 is 1.47 bits per heavy atom. The number of aryl methyl sites for hydroxylation is 2. The summed E-state index contributed by atoms with van der Waals surface area (Å²) in [4.78, 5) is 12.9. The number of para-hydroxylation sites is 1.